The van der Waals surface area contributed by atoms with Crippen molar-refractivity contribution < 1.29 is 0 Å². The molecular weight excluding hydrogens is 236 g/mol. The van der Waals surface area contributed by atoms with E-state index < -0.39 is 0 Å². The number of rotatable bonds is 3. The molecule has 0 aliphatic rings. The first kappa shape index (κ1) is 11.9. The molecule has 0 aliphatic heterocycles. The number of pyridine rings is 1. The van der Waals surface area contributed by atoms with Crippen molar-refractivity contribution in [2.75, 3.05) is 6.54 Å². The van der Waals surface area contributed by atoms with Crippen molar-refractivity contribution in [1.29, 1.82) is 0 Å². The summed E-state index contributed by atoms with van der Waals surface area (Å²) in [6.07, 6.45) is 0.880. The van der Waals surface area contributed by atoms with Gasteiger partial charge in [0.05, 0.1) is 5.52 Å². The molecule has 4 nitrogen and oxygen atoms in total. The van der Waals surface area contributed by atoms with E-state index in [9.17, 15) is 0 Å². The fourth-order valence-electron chi connectivity index (χ4n) is 2.16. The summed E-state index contributed by atoms with van der Waals surface area (Å²) in [6, 6.07) is 12.3. The lowest BCUT2D eigenvalue weighted by molar-refractivity contribution is 0.969. The van der Waals surface area contributed by atoms with Crippen LogP contribution < -0.4 is 5.73 Å². The van der Waals surface area contributed by atoms with Crippen LogP contribution in [0.5, 0.6) is 0 Å². The summed E-state index contributed by atoms with van der Waals surface area (Å²) in [4.78, 5) is 12.3. The molecule has 96 valence electrons. The highest BCUT2D eigenvalue weighted by atomic mass is 15.0. The van der Waals surface area contributed by atoms with Gasteiger partial charge in [0.2, 0.25) is 0 Å². The predicted octanol–water partition coefficient (Wildman–Crippen LogP) is 2.43. The number of aryl methyl sites for hydroxylation is 1. The van der Waals surface area contributed by atoms with Gasteiger partial charge in [-0.15, -0.1) is 0 Å². The monoisotopic (exact) mass is 252 g/mol. The number of hydrogen-bond acceptors (Lipinski definition) is 3. The molecule has 0 bridgehead atoms. The van der Waals surface area contributed by atoms with Crippen LogP contribution in [0.3, 0.4) is 0 Å². The van der Waals surface area contributed by atoms with Crippen LogP contribution in [0.4, 0.5) is 0 Å². The number of benzene rings is 1. The van der Waals surface area contributed by atoms with Gasteiger partial charge in [-0.05, 0) is 43.7 Å². The van der Waals surface area contributed by atoms with Crippen molar-refractivity contribution in [3.8, 4) is 11.4 Å². The summed E-state index contributed by atoms with van der Waals surface area (Å²) < 4.78 is 0. The third-order valence-corrected chi connectivity index (χ3v) is 3.12. The van der Waals surface area contributed by atoms with Crippen LogP contribution in [0.1, 0.15) is 11.3 Å². The van der Waals surface area contributed by atoms with Gasteiger partial charge in [-0.2, -0.15) is 0 Å². The molecule has 0 fully saturated rings. The van der Waals surface area contributed by atoms with Crippen molar-refractivity contribution in [3.05, 3.63) is 47.7 Å². The zero-order valence-electron chi connectivity index (χ0n) is 10.9. The Morgan fingerprint density at radius 3 is 2.89 bits per heavy atom. The average molecular weight is 252 g/mol. The van der Waals surface area contributed by atoms with Gasteiger partial charge in [0.15, 0.2) is 5.65 Å². The minimum absolute atomic E-state index is 0.657. The molecule has 3 rings (SSSR count). The summed E-state index contributed by atoms with van der Waals surface area (Å²) in [5.74, 6) is 0.854. The second kappa shape index (κ2) is 4.82. The number of aromatic amines is 1. The Kier molecular flexibility index (Phi) is 3.01. The highest BCUT2D eigenvalue weighted by Gasteiger charge is 2.06. The van der Waals surface area contributed by atoms with Gasteiger partial charge in [-0.25, -0.2) is 9.97 Å². The lowest BCUT2D eigenvalue weighted by Gasteiger charge is -2.01. The maximum absolute atomic E-state index is 5.59. The van der Waals surface area contributed by atoms with Gasteiger partial charge in [0.1, 0.15) is 5.82 Å². The van der Waals surface area contributed by atoms with Crippen molar-refractivity contribution in [2.45, 2.75) is 13.3 Å². The summed E-state index contributed by atoms with van der Waals surface area (Å²) in [5.41, 5.74) is 10.6. The number of imidazole rings is 1. The fraction of sp³-hybridized carbons (Fsp3) is 0.200. The van der Waals surface area contributed by atoms with Gasteiger partial charge in [-0.1, -0.05) is 18.2 Å². The second-order valence-electron chi connectivity index (χ2n) is 4.65. The van der Waals surface area contributed by atoms with Crippen molar-refractivity contribution in [3.63, 3.8) is 0 Å². The highest BCUT2D eigenvalue weighted by Crippen LogP contribution is 2.20. The first-order valence-corrected chi connectivity index (χ1v) is 6.39. The van der Waals surface area contributed by atoms with Gasteiger partial charge in [-0.3, -0.25) is 0 Å². The molecule has 0 aliphatic carbocycles. The molecule has 0 spiro atoms. The number of H-pyrrole nitrogens is 1. The molecule has 19 heavy (non-hydrogen) atoms. The molecule has 0 amide bonds. The highest BCUT2D eigenvalue weighted by molar-refractivity contribution is 5.76. The third-order valence-electron chi connectivity index (χ3n) is 3.12. The maximum atomic E-state index is 5.59. The molecule has 0 saturated carbocycles. The molecule has 1 aromatic carbocycles. The number of nitrogens with zero attached hydrogens (tertiary/aromatic N) is 2. The first-order valence-electron chi connectivity index (χ1n) is 6.39. The van der Waals surface area contributed by atoms with Crippen LogP contribution >= 0.6 is 0 Å². The van der Waals surface area contributed by atoms with Gasteiger partial charge in [0, 0.05) is 11.3 Å². The number of nitrogens with one attached hydrogen (secondary N) is 1. The summed E-state index contributed by atoms with van der Waals surface area (Å²) >= 11 is 0. The predicted molar refractivity (Wildman–Crippen MR) is 76.8 cm³/mol. The Morgan fingerprint density at radius 1 is 1.16 bits per heavy atom. The lowest BCUT2D eigenvalue weighted by atomic mass is 10.1. The normalized spacial score (nSPS) is 11.1. The largest absolute Gasteiger partial charge is 0.337 e. The summed E-state index contributed by atoms with van der Waals surface area (Å²) in [5, 5.41) is 0. The van der Waals surface area contributed by atoms with E-state index >= 15 is 0 Å². The number of fused-ring (bicyclic) bond motifs is 1. The molecule has 0 unspecified atom stereocenters. The molecule has 0 radical (unpaired) electrons. The van der Waals surface area contributed by atoms with Crippen molar-refractivity contribution >= 4 is 11.2 Å². The minimum atomic E-state index is 0.657. The van der Waals surface area contributed by atoms with Crippen molar-refractivity contribution in [1.82, 2.24) is 15.0 Å². The Bertz CT molecular complexity index is 715. The van der Waals surface area contributed by atoms with E-state index in [-0.39, 0.29) is 0 Å². The number of hydrogen-bond donors (Lipinski definition) is 2. The van der Waals surface area contributed by atoms with Crippen LogP contribution in [0.2, 0.25) is 0 Å². The topological polar surface area (TPSA) is 67.6 Å². The van der Waals surface area contributed by atoms with Gasteiger partial charge >= 0.3 is 0 Å². The second-order valence-corrected chi connectivity index (χ2v) is 4.65. The first-order chi connectivity index (χ1) is 9.26. The molecule has 0 saturated heterocycles. The smallest absolute Gasteiger partial charge is 0.178 e. The standard InChI is InChI=1S/C15H16N4/c1-10-5-6-13-15(17-10)19-14(18-13)12-4-2-3-11(9-12)7-8-16/h2-6,9H,7-8,16H2,1H3,(H,17,18,19). The van der Waals surface area contributed by atoms with E-state index in [1.807, 2.05) is 31.2 Å². The van der Waals surface area contributed by atoms with E-state index in [0.717, 1.165) is 34.7 Å². The fourth-order valence-corrected chi connectivity index (χ4v) is 2.16. The van der Waals surface area contributed by atoms with Crippen LogP contribution in [0.25, 0.3) is 22.6 Å². The Labute approximate surface area is 111 Å². The molecule has 3 N–H and O–H groups in total. The van der Waals surface area contributed by atoms with Crippen molar-refractivity contribution in [2.24, 2.45) is 5.73 Å². The van der Waals surface area contributed by atoms with Crippen LogP contribution in [0.15, 0.2) is 36.4 Å². The minimum Gasteiger partial charge on any atom is -0.337 e. The van der Waals surface area contributed by atoms with E-state index in [2.05, 4.69) is 27.1 Å². The molecule has 4 heteroatoms. The molecule has 3 aromatic rings. The molecule has 2 aromatic heterocycles. The third kappa shape index (κ3) is 2.35. The number of aromatic nitrogens is 3. The zero-order chi connectivity index (χ0) is 13.2. The Hall–Kier alpha value is -2.20. The van der Waals surface area contributed by atoms with E-state index in [0.29, 0.717) is 6.54 Å². The Balaban J connectivity index is 2.05. The van der Waals surface area contributed by atoms with Crippen LogP contribution in [0, 0.1) is 6.92 Å². The van der Waals surface area contributed by atoms with Gasteiger partial charge < -0.3 is 10.7 Å². The quantitative estimate of drug-likeness (QED) is 0.752. The van der Waals surface area contributed by atoms with E-state index in [1.54, 1.807) is 0 Å². The average Bonchev–Trinajstić information content (AvgIpc) is 2.82. The van der Waals surface area contributed by atoms with Crippen LogP contribution in [-0.2, 0) is 6.42 Å². The zero-order valence-corrected chi connectivity index (χ0v) is 10.9. The SMILES string of the molecule is Cc1ccc2[nH]c(-c3cccc(CCN)c3)nc2n1. The molecule has 2 heterocycles. The molecular formula is C15H16N4. The lowest BCUT2D eigenvalue weighted by Crippen LogP contribution is -2.02. The Morgan fingerprint density at radius 2 is 2.05 bits per heavy atom. The maximum Gasteiger partial charge on any atom is 0.178 e. The molecule has 0 atom stereocenters. The number of nitrogens with two attached hydrogens (primary N) is 1. The van der Waals surface area contributed by atoms with Gasteiger partial charge in [0.25, 0.3) is 0 Å². The summed E-state index contributed by atoms with van der Waals surface area (Å²) in [7, 11) is 0. The van der Waals surface area contributed by atoms with E-state index in [1.165, 1.54) is 5.56 Å². The summed E-state index contributed by atoms with van der Waals surface area (Å²) in [6.45, 7) is 2.62. The van der Waals surface area contributed by atoms with E-state index in [4.69, 9.17) is 5.73 Å². The van der Waals surface area contributed by atoms with Crippen LogP contribution in [-0.4, -0.2) is 21.5 Å².